The van der Waals surface area contributed by atoms with E-state index in [2.05, 4.69) is 22.5 Å². The van der Waals surface area contributed by atoms with E-state index in [0.717, 1.165) is 30.9 Å². The Morgan fingerprint density at radius 3 is 2.83 bits per heavy atom. The summed E-state index contributed by atoms with van der Waals surface area (Å²) >= 11 is 0. The van der Waals surface area contributed by atoms with Crippen LogP contribution in [-0.4, -0.2) is 47.3 Å². The number of rotatable bonds is 7. The van der Waals surface area contributed by atoms with E-state index in [1.807, 2.05) is 30.3 Å². The molecule has 2 saturated heterocycles. The SMILES string of the molecule is CCNC(=NCCS(=O)Cc1ccccc1)NC1CC2CCC1O2. The molecule has 2 fully saturated rings. The number of hydrogen-bond donors (Lipinski definition) is 2. The Bertz CT molecular complexity index is 579. The fraction of sp³-hybridized carbons (Fsp3) is 0.611. The number of nitrogens with zero attached hydrogens (tertiary/aromatic N) is 1. The number of hydrogen-bond acceptors (Lipinski definition) is 3. The summed E-state index contributed by atoms with van der Waals surface area (Å²) in [5, 5.41) is 6.76. The van der Waals surface area contributed by atoms with Crippen LogP contribution in [0.3, 0.4) is 0 Å². The third-order valence-corrected chi connectivity index (χ3v) is 5.82. The van der Waals surface area contributed by atoms with E-state index in [9.17, 15) is 4.21 Å². The van der Waals surface area contributed by atoms with Crippen molar-refractivity contribution in [2.24, 2.45) is 4.99 Å². The van der Waals surface area contributed by atoms with Crippen molar-refractivity contribution in [3.05, 3.63) is 35.9 Å². The number of aliphatic imine (C=N–C) groups is 1. The standard InChI is InChI=1S/C18H27N3O2S/c1-2-19-18(21-16-12-15-8-9-17(16)23-15)20-10-11-24(22)13-14-6-4-3-5-7-14/h3-7,15-17H,2,8-13H2,1H3,(H2,19,20,21). The van der Waals surface area contributed by atoms with Crippen LogP contribution in [0, 0.1) is 0 Å². The fourth-order valence-corrected chi connectivity index (χ4v) is 4.38. The highest BCUT2D eigenvalue weighted by Gasteiger charge is 2.41. The van der Waals surface area contributed by atoms with E-state index >= 15 is 0 Å². The lowest BCUT2D eigenvalue weighted by Crippen LogP contribution is -2.47. The predicted octanol–water partition coefficient (Wildman–Crippen LogP) is 1.81. The molecule has 6 heteroatoms. The molecule has 0 radical (unpaired) electrons. The maximum Gasteiger partial charge on any atom is 0.191 e. The molecule has 0 saturated carbocycles. The van der Waals surface area contributed by atoms with E-state index in [4.69, 9.17) is 4.74 Å². The molecular weight excluding hydrogens is 322 g/mol. The predicted molar refractivity (Wildman–Crippen MR) is 98.6 cm³/mol. The average molecular weight is 350 g/mol. The minimum atomic E-state index is -0.884. The van der Waals surface area contributed by atoms with Crippen molar-refractivity contribution in [1.29, 1.82) is 0 Å². The van der Waals surface area contributed by atoms with Gasteiger partial charge in [-0.05, 0) is 31.7 Å². The minimum Gasteiger partial charge on any atom is -0.373 e. The van der Waals surface area contributed by atoms with Gasteiger partial charge in [-0.1, -0.05) is 30.3 Å². The van der Waals surface area contributed by atoms with Crippen LogP contribution in [-0.2, 0) is 21.3 Å². The molecule has 0 aliphatic carbocycles. The van der Waals surface area contributed by atoms with E-state index in [0.29, 0.717) is 36.3 Å². The van der Waals surface area contributed by atoms with Crippen LogP contribution in [0.5, 0.6) is 0 Å². The molecule has 1 aromatic carbocycles. The van der Waals surface area contributed by atoms with Crippen LogP contribution >= 0.6 is 0 Å². The first kappa shape index (κ1) is 17.4. The van der Waals surface area contributed by atoms with E-state index < -0.39 is 10.8 Å². The summed E-state index contributed by atoms with van der Waals surface area (Å²) in [6.07, 6.45) is 4.15. The summed E-state index contributed by atoms with van der Waals surface area (Å²) in [4.78, 5) is 4.59. The Morgan fingerprint density at radius 1 is 1.33 bits per heavy atom. The molecule has 2 aliphatic heterocycles. The number of guanidine groups is 1. The van der Waals surface area contributed by atoms with Gasteiger partial charge in [0.15, 0.2) is 5.96 Å². The van der Waals surface area contributed by atoms with E-state index in [1.54, 1.807) is 0 Å². The first-order valence-electron chi connectivity index (χ1n) is 8.84. The summed E-state index contributed by atoms with van der Waals surface area (Å²) in [5.41, 5.74) is 1.11. The Kier molecular flexibility index (Phi) is 6.26. The third-order valence-electron chi connectivity index (χ3n) is 4.53. The summed E-state index contributed by atoms with van der Waals surface area (Å²) in [7, 11) is -0.884. The summed E-state index contributed by atoms with van der Waals surface area (Å²) in [5.74, 6) is 1.99. The molecule has 0 aromatic heterocycles. The Labute approximate surface area is 146 Å². The highest BCUT2D eigenvalue weighted by atomic mass is 32.2. The number of fused-ring (bicyclic) bond motifs is 2. The van der Waals surface area contributed by atoms with Crippen molar-refractivity contribution < 1.29 is 8.95 Å². The van der Waals surface area contributed by atoms with Gasteiger partial charge in [0.1, 0.15) is 0 Å². The Morgan fingerprint density at radius 2 is 2.17 bits per heavy atom. The maximum absolute atomic E-state index is 12.2. The summed E-state index contributed by atoms with van der Waals surface area (Å²) < 4.78 is 18.1. The van der Waals surface area contributed by atoms with Crippen LogP contribution in [0.2, 0.25) is 0 Å². The second-order valence-corrected chi connectivity index (χ2v) is 7.97. The van der Waals surface area contributed by atoms with Crippen LogP contribution in [0.15, 0.2) is 35.3 Å². The van der Waals surface area contributed by atoms with Crippen LogP contribution in [0.25, 0.3) is 0 Å². The Balaban J connectivity index is 1.46. The van der Waals surface area contributed by atoms with Crippen molar-refractivity contribution in [2.45, 2.75) is 50.2 Å². The van der Waals surface area contributed by atoms with Crippen molar-refractivity contribution in [3.8, 4) is 0 Å². The lowest BCUT2D eigenvalue weighted by Gasteiger charge is -2.22. The molecule has 4 atom stereocenters. The molecule has 5 nitrogen and oxygen atoms in total. The zero-order chi connectivity index (χ0) is 16.8. The molecule has 2 N–H and O–H groups in total. The van der Waals surface area contributed by atoms with Crippen LogP contribution in [0.4, 0.5) is 0 Å². The van der Waals surface area contributed by atoms with Gasteiger partial charge in [-0.25, -0.2) is 0 Å². The molecular formula is C18H27N3O2S. The van der Waals surface area contributed by atoms with Crippen molar-refractivity contribution in [2.75, 3.05) is 18.8 Å². The first-order valence-corrected chi connectivity index (χ1v) is 10.3. The summed E-state index contributed by atoms with van der Waals surface area (Å²) in [6.45, 7) is 3.44. The maximum atomic E-state index is 12.2. The van der Waals surface area contributed by atoms with Gasteiger partial charge in [0.05, 0.1) is 24.8 Å². The quantitative estimate of drug-likeness (QED) is 0.582. The second-order valence-electron chi connectivity index (χ2n) is 6.39. The van der Waals surface area contributed by atoms with Gasteiger partial charge in [-0.3, -0.25) is 9.20 Å². The van der Waals surface area contributed by atoms with Gasteiger partial charge in [-0.2, -0.15) is 0 Å². The highest BCUT2D eigenvalue weighted by molar-refractivity contribution is 7.84. The molecule has 4 unspecified atom stereocenters. The molecule has 2 heterocycles. The van der Waals surface area contributed by atoms with Gasteiger partial charge in [-0.15, -0.1) is 0 Å². The monoisotopic (exact) mass is 349 g/mol. The minimum absolute atomic E-state index is 0.325. The molecule has 132 valence electrons. The van der Waals surface area contributed by atoms with Crippen molar-refractivity contribution >= 4 is 16.8 Å². The van der Waals surface area contributed by atoms with Crippen LogP contribution in [0.1, 0.15) is 31.7 Å². The topological polar surface area (TPSA) is 62.7 Å². The largest absolute Gasteiger partial charge is 0.373 e. The molecule has 0 spiro atoms. The van der Waals surface area contributed by atoms with Gasteiger partial charge in [0.2, 0.25) is 0 Å². The van der Waals surface area contributed by atoms with E-state index in [1.165, 1.54) is 6.42 Å². The lowest BCUT2D eigenvalue weighted by atomic mass is 9.96. The van der Waals surface area contributed by atoms with Crippen molar-refractivity contribution in [1.82, 2.24) is 10.6 Å². The molecule has 0 amide bonds. The molecule has 2 bridgehead atoms. The average Bonchev–Trinajstić information content (AvgIpc) is 3.19. The molecule has 1 aromatic rings. The highest BCUT2D eigenvalue weighted by Crippen LogP contribution is 2.34. The van der Waals surface area contributed by atoms with Gasteiger partial charge in [0.25, 0.3) is 0 Å². The van der Waals surface area contributed by atoms with Crippen LogP contribution < -0.4 is 10.6 Å². The normalized spacial score (nSPS) is 27.2. The molecule has 24 heavy (non-hydrogen) atoms. The lowest BCUT2D eigenvalue weighted by molar-refractivity contribution is 0.0992. The molecule has 2 aliphatic rings. The number of benzene rings is 1. The first-order chi connectivity index (χ1) is 11.7. The second kappa shape index (κ2) is 8.62. The third kappa shape index (κ3) is 4.80. The van der Waals surface area contributed by atoms with Crippen molar-refractivity contribution in [3.63, 3.8) is 0 Å². The number of nitrogens with one attached hydrogen (secondary N) is 2. The van der Waals surface area contributed by atoms with Gasteiger partial charge < -0.3 is 15.4 Å². The Hall–Kier alpha value is -1.40. The zero-order valence-electron chi connectivity index (χ0n) is 14.2. The zero-order valence-corrected chi connectivity index (χ0v) is 15.1. The fourth-order valence-electron chi connectivity index (χ4n) is 3.38. The number of ether oxygens (including phenoxy) is 1. The van der Waals surface area contributed by atoms with Gasteiger partial charge in [0, 0.05) is 28.9 Å². The smallest absolute Gasteiger partial charge is 0.191 e. The summed E-state index contributed by atoms with van der Waals surface area (Å²) in [6, 6.07) is 10.3. The van der Waals surface area contributed by atoms with Gasteiger partial charge >= 0.3 is 0 Å². The van der Waals surface area contributed by atoms with E-state index in [-0.39, 0.29) is 0 Å². The molecule has 3 rings (SSSR count).